The average Bonchev–Trinajstić information content (AvgIpc) is 2.91. The Balaban J connectivity index is 2.13. The van der Waals surface area contributed by atoms with Crippen molar-refractivity contribution in [2.75, 3.05) is 5.43 Å². The second-order valence-corrected chi connectivity index (χ2v) is 5.06. The van der Waals surface area contributed by atoms with Gasteiger partial charge in [0.25, 0.3) is 5.91 Å². The Morgan fingerprint density at radius 1 is 1.47 bits per heavy atom. The minimum absolute atomic E-state index is 0.0264. The van der Waals surface area contributed by atoms with Crippen LogP contribution in [-0.4, -0.2) is 10.9 Å². The first-order valence-corrected chi connectivity index (χ1v) is 6.82. The van der Waals surface area contributed by atoms with E-state index in [-0.39, 0.29) is 11.9 Å². The molecule has 2 rings (SSSR count). The van der Waals surface area contributed by atoms with E-state index < -0.39 is 0 Å². The summed E-state index contributed by atoms with van der Waals surface area (Å²) < 4.78 is 0. The summed E-state index contributed by atoms with van der Waals surface area (Å²) in [5.41, 5.74) is 4.84. The molecule has 2 aromatic rings. The Morgan fingerprint density at radius 2 is 2.26 bits per heavy atom. The Kier molecular flexibility index (Phi) is 4.13. The van der Waals surface area contributed by atoms with Crippen molar-refractivity contribution in [3.8, 4) is 0 Å². The van der Waals surface area contributed by atoms with E-state index in [4.69, 9.17) is 5.84 Å². The predicted molar refractivity (Wildman–Crippen MR) is 77.0 cm³/mol. The number of pyridine rings is 1. The zero-order chi connectivity index (χ0) is 13.8. The number of rotatable bonds is 4. The lowest BCUT2D eigenvalue weighted by Gasteiger charge is -2.13. The maximum absolute atomic E-state index is 12.2. The molecule has 1 atom stereocenters. The molecule has 2 heterocycles. The Bertz CT molecular complexity index is 568. The topological polar surface area (TPSA) is 80.0 Å². The molecule has 0 saturated carbocycles. The number of nitrogens with one attached hydrogen (secondary N) is 2. The number of carbonyl (C=O) groups is 1. The van der Waals surface area contributed by atoms with E-state index in [2.05, 4.69) is 15.7 Å². The Hall–Kier alpha value is -1.92. The van der Waals surface area contributed by atoms with Gasteiger partial charge in [-0.05, 0) is 48.4 Å². The molecule has 100 valence electrons. The fraction of sp³-hybridized carbons (Fsp3) is 0.231. The molecule has 0 fully saturated rings. The molecule has 1 unspecified atom stereocenters. The van der Waals surface area contributed by atoms with Crippen LogP contribution in [0, 0.1) is 6.92 Å². The number of aromatic nitrogens is 1. The first-order chi connectivity index (χ1) is 9.10. The number of thiophene rings is 1. The SMILES string of the molecule is Cc1cc(C(=O)NC(C)c2ccsc2)cc(NN)n1. The molecule has 0 aliphatic heterocycles. The van der Waals surface area contributed by atoms with Gasteiger partial charge in [-0.15, -0.1) is 0 Å². The van der Waals surface area contributed by atoms with Gasteiger partial charge in [-0.3, -0.25) is 4.79 Å². The van der Waals surface area contributed by atoms with Gasteiger partial charge in [-0.2, -0.15) is 11.3 Å². The number of nitrogen functional groups attached to an aromatic ring is 1. The summed E-state index contributed by atoms with van der Waals surface area (Å²) in [6, 6.07) is 5.33. The van der Waals surface area contributed by atoms with Crippen LogP contribution < -0.4 is 16.6 Å². The van der Waals surface area contributed by atoms with Crippen molar-refractivity contribution in [3.63, 3.8) is 0 Å². The van der Waals surface area contributed by atoms with E-state index in [1.165, 1.54) is 0 Å². The van der Waals surface area contributed by atoms with Crippen LogP contribution in [-0.2, 0) is 0 Å². The molecule has 6 heteroatoms. The molecule has 0 aliphatic rings. The van der Waals surface area contributed by atoms with Gasteiger partial charge in [0, 0.05) is 11.3 Å². The second kappa shape index (κ2) is 5.81. The number of anilines is 1. The summed E-state index contributed by atoms with van der Waals surface area (Å²) in [6.07, 6.45) is 0. The number of nitrogens with zero attached hydrogens (tertiary/aromatic N) is 1. The lowest BCUT2D eigenvalue weighted by molar-refractivity contribution is 0.0940. The van der Waals surface area contributed by atoms with Gasteiger partial charge in [0.1, 0.15) is 5.82 Å². The Labute approximate surface area is 115 Å². The van der Waals surface area contributed by atoms with E-state index >= 15 is 0 Å². The molecule has 5 nitrogen and oxygen atoms in total. The number of hydrogen-bond donors (Lipinski definition) is 3. The van der Waals surface area contributed by atoms with Crippen LogP contribution in [0.5, 0.6) is 0 Å². The molecule has 4 N–H and O–H groups in total. The molecule has 0 bridgehead atoms. The van der Waals surface area contributed by atoms with Gasteiger partial charge in [-0.1, -0.05) is 0 Å². The number of hydrazine groups is 1. The van der Waals surface area contributed by atoms with E-state index in [0.717, 1.165) is 11.3 Å². The monoisotopic (exact) mass is 276 g/mol. The van der Waals surface area contributed by atoms with E-state index in [9.17, 15) is 4.79 Å². The summed E-state index contributed by atoms with van der Waals surface area (Å²) in [4.78, 5) is 16.3. The Morgan fingerprint density at radius 3 is 2.89 bits per heavy atom. The van der Waals surface area contributed by atoms with E-state index in [1.807, 2.05) is 30.7 Å². The van der Waals surface area contributed by atoms with Gasteiger partial charge >= 0.3 is 0 Å². The molecule has 0 spiro atoms. The molecule has 0 saturated heterocycles. The highest BCUT2D eigenvalue weighted by atomic mass is 32.1. The van der Waals surface area contributed by atoms with Crippen LogP contribution in [0.4, 0.5) is 5.82 Å². The smallest absolute Gasteiger partial charge is 0.251 e. The quantitative estimate of drug-likeness (QED) is 0.591. The molecular formula is C13H16N4OS. The van der Waals surface area contributed by atoms with Crippen LogP contribution in [0.2, 0.25) is 0 Å². The summed E-state index contributed by atoms with van der Waals surface area (Å²) in [5.74, 6) is 5.67. The maximum Gasteiger partial charge on any atom is 0.251 e. The fourth-order valence-corrected chi connectivity index (χ4v) is 2.51. The molecule has 0 aromatic carbocycles. The van der Waals surface area contributed by atoms with Crippen LogP contribution in [0.1, 0.15) is 34.6 Å². The van der Waals surface area contributed by atoms with Gasteiger partial charge in [0.05, 0.1) is 6.04 Å². The second-order valence-electron chi connectivity index (χ2n) is 4.28. The summed E-state index contributed by atoms with van der Waals surface area (Å²) in [6.45, 7) is 3.77. The minimum Gasteiger partial charge on any atom is -0.345 e. The largest absolute Gasteiger partial charge is 0.345 e. The number of carbonyl (C=O) groups excluding carboxylic acids is 1. The third-order valence-corrected chi connectivity index (χ3v) is 3.46. The van der Waals surface area contributed by atoms with Crippen LogP contribution in [0.3, 0.4) is 0 Å². The number of hydrogen-bond acceptors (Lipinski definition) is 5. The van der Waals surface area contributed by atoms with Crippen molar-refractivity contribution in [2.24, 2.45) is 5.84 Å². The highest BCUT2D eigenvalue weighted by molar-refractivity contribution is 7.07. The van der Waals surface area contributed by atoms with E-state index in [1.54, 1.807) is 23.5 Å². The minimum atomic E-state index is -0.138. The first kappa shape index (κ1) is 13.5. The molecule has 0 aliphatic carbocycles. The standard InChI is InChI=1S/C13H16N4OS/c1-8-5-11(6-12(15-8)17-14)13(18)16-9(2)10-3-4-19-7-10/h3-7,9H,14H2,1-2H3,(H,15,17)(H,16,18). The number of nitrogens with two attached hydrogens (primary N) is 1. The fourth-order valence-electron chi connectivity index (χ4n) is 1.76. The van der Waals surface area contributed by atoms with Crippen LogP contribution >= 0.6 is 11.3 Å². The average molecular weight is 276 g/mol. The first-order valence-electron chi connectivity index (χ1n) is 5.88. The summed E-state index contributed by atoms with van der Waals surface area (Å²) >= 11 is 1.61. The highest BCUT2D eigenvalue weighted by Gasteiger charge is 2.13. The zero-order valence-electron chi connectivity index (χ0n) is 10.8. The summed E-state index contributed by atoms with van der Waals surface area (Å²) in [5, 5.41) is 6.96. The van der Waals surface area contributed by atoms with Gasteiger partial charge in [0.15, 0.2) is 0 Å². The third-order valence-electron chi connectivity index (χ3n) is 2.75. The van der Waals surface area contributed by atoms with Gasteiger partial charge in [0.2, 0.25) is 0 Å². The maximum atomic E-state index is 12.2. The highest BCUT2D eigenvalue weighted by Crippen LogP contribution is 2.17. The van der Waals surface area contributed by atoms with Crippen molar-refractivity contribution in [1.29, 1.82) is 0 Å². The molecule has 1 amide bonds. The lowest BCUT2D eigenvalue weighted by Crippen LogP contribution is -2.26. The molecule has 2 aromatic heterocycles. The molecular weight excluding hydrogens is 260 g/mol. The van der Waals surface area contributed by atoms with Crippen molar-refractivity contribution in [2.45, 2.75) is 19.9 Å². The van der Waals surface area contributed by atoms with Gasteiger partial charge < -0.3 is 10.7 Å². The summed E-state index contributed by atoms with van der Waals surface area (Å²) in [7, 11) is 0. The van der Waals surface area contributed by atoms with E-state index in [0.29, 0.717) is 11.4 Å². The predicted octanol–water partition coefficient (Wildman–Crippen LogP) is 2.23. The van der Waals surface area contributed by atoms with Crippen molar-refractivity contribution >= 4 is 23.1 Å². The van der Waals surface area contributed by atoms with Crippen LogP contribution in [0.25, 0.3) is 0 Å². The molecule has 0 radical (unpaired) electrons. The van der Waals surface area contributed by atoms with Crippen LogP contribution in [0.15, 0.2) is 29.0 Å². The van der Waals surface area contributed by atoms with Crippen molar-refractivity contribution < 1.29 is 4.79 Å². The van der Waals surface area contributed by atoms with Gasteiger partial charge in [-0.25, -0.2) is 10.8 Å². The molecule has 19 heavy (non-hydrogen) atoms. The number of amides is 1. The lowest BCUT2D eigenvalue weighted by atomic mass is 10.1. The zero-order valence-corrected chi connectivity index (χ0v) is 11.6. The van der Waals surface area contributed by atoms with Crippen molar-refractivity contribution in [1.82, 2.24) is 10.3 Å². The van der Waals surface area contributed by atoms with Crippen molar-refractivity contribution in [3.05, 3.63) is 45.8 Å². The number of aryl methyl sites for hydroxylation is 1. The third kappa shape index (κ3) is 3.30. The normalized spacial score (nSPS) is 11.9.